The van der Waals surface area contributed by atoms with Gasteiger partial charge in [0.1, 0.15) is 17.6 Å². The van der Waals surface area contributed by atoms with Gasteiger partial charge in [-0.05, 0) is 25.3 Å². The number of aryl methyl sites for hydroxylation is 1. The van der Waals surface area contributed by atoms with Crippen molar-refractivity contribution < 1.29 is 22.4 Å². The highest BCUT2D eigenvalue weighted by atomic mass is 19.4. The van der Waals surface area contributed by atoms with Crippen molar-refractivity contribution in [2.45, 2.75) is 43.6 Å². The molecule has 13 heteroatoms. The van der Waals surface area contributed by atoms with Gasteiger partial charge >= 0.3 is 6.18 Å². The van der Waals surface area contributed by atoms with Crippen LogP contribution in [0.3, 0.4) is 0 Å². The number of halogens is 4. The van der Waals surface area contributed by atoms with Gasteiger partial charge in [-0.15, -0.1) is 0 Å². The van der Waals surface area contributed by atoms with Crippen molar-refractivity contribution in [2.75, 3.05) is 11.1 Å². The van der Waals surface area contributed by atoms with Gasteiger partial charge in [0.25, 0.3) is 5.91 Å². The molecule has 3 heterocycles. The van der Waals surface area contributed by atoms with Crippen LogP contribution in [0.5, 0.6) is 0 Å². The first-order valence-electron chi connectivity index (χ1n) is 9.53. The Morgan fingerprint density at radius 1 is 1.29 bits per heavy atom. The van der Waals surface area contributed by atoms with Crippen LogP contribution in [0.2, 0.25) is 0 Å². The Labute approximate surface area is 173 Å². The summed E-state index contributed by atoms with van der Waals surface area (Å²) in [6, 6.07) is 0.541. The molecular formula is C18H20F4N8O. The van der Waals surface area contributed by atoms with Crippen molar-refractivity contribution >= 4 is 23.1 Å². The molecule has 3 atom stereocenters. The van der Waals surface area contributed by atoms with Crippen LogP contribution in [0, 0.1) is 0 Å². The lowest BCUT2D eigenvalue weighted by Crippen LogP contribution is -2.41. The smallest absolute Gasteiger partial charge is 0.384 e. The molecule has 4 rings (SSSR count). The summed E-state index contributed by atoms with van der Waals surface area (Å²) in [7, 11) is 1.30. The summed E-state index contributed by atoms with van der Waals surface area (Å²) in [5, 5.41) is 9.97. The number of anilines is 2. The molecule has 1 amide bonds. The normalized spacial score (nSPS) is 22.1. The largest absolute Gasteiger partial charge is 0.437 e. The van der Waals surface area contributed by atoms with Crippen LogP contribution in [0.15, 0.2) is 18.5 Å². The lowest BCUT2D eigenvalue weighted by molar-refractivity contribution is -0.140. The lowest BCUT2D eigenvalue weighted by atomic mass is 9.80. The second kappa shape index (κ2) is 7.48. The third-order valence-corrected chi connectivity index (χ3v) is 5.33. The van der Waals surface area contributed by atoms with E-state index in [4.69, 9.17) is 11.5 Å². The third kappa shape index (κ3) is 3.80. The molecule has 9 nitrogen and oxygen atoms in total. The number of carbonyl (C=O) groups excluding carboxylic acids is 1. The van der Waals surface area contributed by atoms with Gasteiger partial charge in [-0.2, -0.15) is 23.4 Å². The van der Waals surface area contributed by atoms with Crippen LogP contribution >= 0.6 is 0 Å². The molecule has 0 bridgehead atoms. The van der Waals surface area contributed by atoms with Gasteiger partial charge < -0.3 is 16.8 Å². The van der Waals surface area contributed by atoms with E-state index in [9.17, 15) is 22.4 Å². The summed E-state index contributed by atoms with van der Waals surface area (Å²) in [4.78, 5) is 17.3. The third-order valence-electron chi connectivity index (χ3n) is 5.33. The van der Waals surface area contributed by atoms with Crippen molar-refractivity contribution in [3.05, 3.63) is 35.4 Å². The van der Waals surface area contributed by atoms with Gasteiger partial charge in [0.05, 0.1) is 11.4 Å². The fraction of sp³-hybridized carbons (Fsp3) is 0.444. The van der Waals surface area contributed by atoms with Crippen LogP contribution < -0.4 is 16.8 Å². The number of hydrogen-bond acceptors (Lipinski definition) is 6. The standard InChI is InChI=1S/C18H20F4N8O/c1-29-7-10(15(28-29)18(20,21)22)25-17(31)12-14(8-3-2-4-9(19)13(8)24)27-30-6-5-11(23)26-16(12)30/h5-9,13H,2-4,24H2,1H3,(H2,23,26)(H,25,31). The molecule has 5 N–H and O–H groups in total. The van der Waals surface area contributed by atoms with Gasteiger partial charge in [0.15, 0.2) is 11.3 Å². The molecule has 1 aliphatic rings. The monoisotopic (exact) mass is 440 g/mol. The average Bonchev–Trinajstić information content (AvgIpc) is 3.23. The number of nitrogen functional groups attached to an aromatic ring is 1. The first kappa shape index (κ1) is 21.0. The number of amides is 1. The Hall–Kier alpha value is -3.22. The Balaban J connectivity index is 1.81. The SMILES string of the molecule is Cn1cc(NC(=O)c2c(C3CCCC(F)C3N)nn3ccc(N)nc23)c(C(F)(F)F)n1. The van der Waals surface area contributed by atoms with Gasteiger partial charge in [-0.3, -0.25) is 9.48 Å². The fourth-order valence-corrected chi connectivity index (χ4v) is 3.90. The molecule has 0 radical (unpaired) electrons. The Kier molecular flexibility index (Phi) is 5.07. The molecule has 0 saturated heterocycles. The van der Waals surface area contributed by atoms with Crippen LogP contribution in [0.25, 0.3) is 5.65 Å². The maximum Gasteiger partial charge on any atom is 0.437 e. The van der Waals surface area contributed by atoms with E-state index in [1.807, 2.05) is 0 Å². The first-order valence-corrected chi connectivity index (χ1v) is 9.53. The fourth-order valence-electron chi connectivity index (χ4n) is 3.90. The topological polar surface area (TPSA) is 129 Å². The van der Waals surface area contributed by atoms with Crippen molar-refractivity contribution in [1.29, 1.82) is 0 Å². The quantitative estimate of drug-likeness (QED) is 0.536. The molecule has 1 fully saturated rings. The second-order valence-electron chi connectivity index (χ2n) is 7.53. The van der Waals surface area contributed by atoms with Crippen LogP contribution in [0.4, 0.5) is 29.1 Å². The number of rotatable bonds is 3. The zero-order valence-corrected chi connectivity index (χ0v) is 16.4. The molecule has 0 spiro atoms. The number of aromatic nitrogens is 5. The summed E-state index contributed by atoms with van der Waals surface area (Å²) in [6.07, 6.45) is -2.26. The van der Waals surface area contributed by atoms with Gasteiger partial charge in [0, 0.05) is 31.4 Å². The number of nitrogens with one attached hydrogen (secondary N) is 1. The van der Waals surface area contributed by atoms with Crippen molar-refractivity contribution in [3.8, 4) is 0 Å². The number of fused-ring (bicyclic) bond motifs is 1. The summed E-state index contributed by atoms with van der Waals surface area (Å²) in [5.74, 6) is -1.42. The Morgan fingerprint density at radius 2 is 2.03 bits per heavy atom. The number of nitrogens with two attached hydrogens (primary N) is 2. The second-order valence-corrected chi connectivity index (χ2v) is 7.53. The molecule has 0 aromatic carbocycles. The van der Waals surface area contributed by atoms with Crippen LogP contribution in [-0.2, 0) is 13.2 Å². The van der Waals surface area contributed by atoms with E-state index in [2.05, 4.69) is 20.5 Å². The van der Waals surface area contributed by atoms with Crippen molar-refractivity contribution in [3.63, 3.8) is 0 Å². The molecular weight excluding hydrogens is 420 g/mol. The number of alkyl halides is 4. The predicted molar refractivity (Wildman–Crippen MR) is 103 cm³/mol. The highest BCUT2D eigenvalue weighted by molar-refractivity contribution is 6.09. The molecule has 31 heavy (non-hydrogen) atoms. The van der Waals surface area contributed by atoms with Crippen LogP contribution in [-0.4, -0.2) is 42.5 Å². The number of hydrogen-bond donors (Lipinski definition) is 3. The molecule has 0 aliphatic heterocycles. The summed E-state index contributed by atoms with van der Waals surface area (Å²) in [5.41, 5.74) is 10.1. The molecule has 1 aliphatic carbocycles. The maximum absolute atomic E-state index is 14.3. The minimum absolute atomic E-state index is 0.0399. The predicted octanol–water partition coefficient (Wildman–Crippen LogP) is 2.25. The molecule has 3 unspecified atom stereocenters. The van der Waals surface area contributed by atoms with Crippen molar-refractivity contribution in [2.24, 2.45) is 12.8 Å². The van der Waals surface area contributed by atoms with E-state index in [0.717, 1.165) is 10.9 Å². The van der Waals surface area contributed by atoms with E-state index >= 15 is 0 Å². The van der Waals surface area contributed by atoms with E-state index < -0.39 is 41.6 Å². The zero-order valence-electron chi connectivity index (χ0n) is 16.4. The van der Waals surface area contributed by atoms with Gasteiger partial charge in [-0.1, -0.05) is 0 Å². The summed E-state index contributed by atoms with van der Waals surface area (Å²) < 4.78 is 56.4. The highest BCUT2D eigenvalue weighted by Crippen LogP contribution is 2.37. The average molecular weight is 440 g/mol. The van der Waals surface area contributed by atoms with E-state index in [1.54, 1.807) is 0 Å². The molecule has 3 aromatic rings. The van der Waals surface area contributed by atoms with E-state index in [1.165, 1.54) is 23.8 Å². The molecule has 3 aromatic heterocycles. The molecule has 1 saturated carbocycles. The number of nitrogens with zero attached hydrogens (tertiary/aromatic N) is 5. The molecule has 166 valence electrons. The Bertz CT molecular complexity index is 1140. The Morgan fingerprint density at radius 3 is 2.74 bits per heavy atom. The minimum Gasteiger partial charge on any atom is -0.384 e. The highest BCUT2D eigenvalue weighted by Gasteiger charge is 2.40. The maximum atomic E-state index is 14.3. The first-order chi connectivity index (χ1) is 14.6. The van der Waals surface area contributed by atoms with Gasteiger partial charge in [-0.25, -0.2) is 13.9 Å². The zero-order chi connectivity index (χ0) is 22.5. The van der Waals surface area contributed by atoms with Crippen LogP contribution in [0.1, 0.15) is 46.9 Å². The van der Waals surface area contributed by atoms with E-state index in [-0.39, 0.29) is 22.7 Å². The summed E-state index contributed by atoms with van der Waals surface area (Å²) >= 11 is 0. The summed E-state index contributed by atoms with van der Waals surface area (Å²) in [6.45, 7) is 0. The van der Waals surface area contributed by atoms with Gasteiger partial charge in [0.2, 0.25) is 0 Å². The lowest BCUT2D eigenvalue weighted by Gasteiger charge is -2.30. The van der Waals surface area contributed by atoms with Crippen molar-refractivity contribution in [1.82, 2.24) is 24.4 Å². The van der Waals surface area contributed by atoms with E-state index in [0.29, 0.717) is 19.3 Å². The number of carbonyl (C=O) groups is 1. The minimum atomic E-state index is -4.77.